The van der Waals surface area contributed by atoms with Crippen LogP contribution in [0.3, 0.4) is 0 Å². The number of aryl methyl sites for hydroxylation is 1. The Kier molecular flexibility index (Phi) is 3.54. The summed E-state index contributed by atoms with van der Waals surface area (Å²) in [7, 11) is 4.24. The van der Waals surface area contributed by atoms with Gasteiger partial charge in [-0.1, -0.05) is 0 Å². The SMILES string of the molecule is Cc1ccc(C(=O)N(C)C)c(S(=O)(=O)Cl)n1. The second kappa shape index (κ2) is 4.39. The van der Waals surface area contributed by atoms with E-state index in [4.69, 9.17) is 10.7 Å². The fourth-order valence-corrected chi connectivity index (χ4v) is 2.15. The fraction of sp³-hybridized carbons (Fsp3) is 0.333. The third-order valence-electron chi connectivity index (χ3n) is 1.87. The summed E-state index contributed by atoms with van der Waals surface area (Å²) in [5.74, 6) is -0.452. The van der Waals surface area contributed by atoms with E-state index in [0.29, 0.717) is 5.69 Å². The molecule has 0 aliphatic rings. The van der Waals surface area contributed by atoms with Crippen LogP contribution in [0, 0.1) is 6.92 Å². The summed E-state index contributed by atoms with van der Waals surface area (Å²) >= 11 is 0. The third kappa shape index (κ3) is 2.70. The van der Waals surface area contributed by atoms with E-state index in [0.717, 1.165) is 0 Å². The van der Waals surface area contributed by atoms with Crippen LogP contribution >= 0.6 is 10.7 Å². The molecule has 16 heavy (non-hydrogen) atoms. The van der Waals surface area contributed by atoms with Gasteiger partial charge in [0.25, 0.3) is 15.0 Å². The van der Waals surface area contributed by atoms with E-state index in [1.807, 2.05) is 0 Å². The van der Waals surface area contributed by atoms with Gasteiger partial charge in [-0.25, -0.2) is 13.4 Å². The molecule has 0 fully saturated rings. The van der Waals surface area contributed by atoms with Crippen LogP contribution in [-0.4, -0.2) is 38.3 Å². The lowest BCUT2D eigenvalue weighted by molar-refractivity contribution is 0.0823. The van der Waals surface area contributed by atoms with Crippen LogP contribution in [0.4, 0.5) is 0 Å². The molecule has 1 rings (SSSR count). The average molecular weight is 263 g/mol. The van der Waals surface area contributed by atoms with Gasteiger partial charge in [-0.15, -0.1) is 0 Å². The predicted molar refractivity (Wildman–Crippen MR) is 60.0 cm³/mol. The van der Waals surface area contributed by atoms with Gasteiger partial charge in [0.2, 0.25) is 0 Å². The minimum Gasteiger partial charge on any atom is -0.345 e. The Balaban J connectivity index is 3.47. The molecule has 1 heterocycles. The van der Waals surface area contributed by atoms with Gasteiger partial charge in [-0.3, -0.25) is 4.79 Å². The van der Waals surface area contributed by atoms with Gasteiger partial charge >= 0.3 is 0 Å². The maximum atomic E-state index is 11.7. The maximum absolute atomic E-state index is 11.7. The highest BCUT2D eigenvalue weighted by Gasteiger charge is 2.23. The van der Waals surface area contributed by atoms with Crippen LogP contribution in [0.1, 0.15) is 16.1 Å². The van der Waals surface area contributed by atoms with Gasteiger partial charge in [-0.05, 0) is 19.1 Å². The first-order valence-electron chi connectivity index (χ1n) is 4.37. The van der Waals surface area contributed by atoms with Crippen molar-refractivity contribution in [1.29, 1.82) is 0 Å². The maximum Gasteiger partial charge on any atom is 0.279 e. The number of pyridine rings is 1. The van der Waals surface area contributed by atoms with Crippen molar-refractivity contribution in [2.75, 3.05) is 14.1 Å². The number of amides is 1. The highest BCUT2D eigenvalue weighted by Crippen LogP contribution is 2.19. The van der Waals surface area contributed by atoms with Crippen molar-refractivity contribution >= 4 is 25.6 Å². The minimum atomic E-state index is -4.02. The van der Waals surface area contributed by atoms with Crippen LogP contribution in [-0.2, 0) is 9.05 Å². The zero-order valence-electron chi connectivity index (χ0n) is 9.06. The van der Waals surface area contributed by atoms with Crippen molar-refractivity contribution in [3.8, 4) is 0 Å². The number of nitrogens with zero attached hydrogens (tertiary/aromatic N) is 2. The van der Waals surface area contributed by atoms with Gasteiger partial charge in [0.15, 0.2) is 5.03 Å². The summed E-state index contributed by atoms with van der Waals surface area (Å²) in [5, 5.41) is -0.395. The van der Waals surface area contributed by atoms with E-state index in [-0.39, 0.29) is 5.56 Å². The normalized spacial score (nSPS) is 11.2. The van der Waals surface area contributed by atoms with Crippen molar-refractivity contribution in [3.05, 3.63) is 23.4 Å². The molecule has 0 spiro atoms. The van der Waals surface area contributed by atoms with Gasteiger partial charge in [0.05, 0.1) is 5.56 Å². The third-order valence-corrected chi connectivity index (χ3v) is 3.08. The Bertz CT molecular complexity index is 526. The van der Waals surface area contributed by atoms with E-state index < -0.39 is 20.0 Å². The molecule has 0 saturated carbocycles. The quantitative estimate of drug-likeness (QED) is 0.747. The molecular weight excluding hydrogens is 252 g/mol. The van der Waals surface area contributed by atoms with Gasteiger partial charge in [-0.2, -0.15) is 0 Å². The molecule has 0 N–H and O–H groups in total. The molecule has 0 aliphatic carbocycles. The van der Waals surface area contributed by atoms with E-state index in [1.165, 1.54) is 25.1 Å². The lowest BCUT2D eigenvalue weighted by Gasteiger charge is -2.12. The molecular formula is C9H11ClN2O3S. The lowest BCUT2D eigenvalue weighted by atomic mass is 10.2. The molecule has 5 nitrogen and oxygen atoms in total. The van der Waals surface area contributed by atoms with E-state index in [1.54, 1.807) is 13.0 Å². The molecule has 0 radical (unpaired) electrons. The Morgan fingerprint density at radius 2 is 1.94 bits per heavy atom. The average Bonchev–Trinajstić information content (AvgIpc) is 2.15. The lowest BCUT2D eigenvalue weighted by Crippen LogP contribution is -2.24. The van der Waals surface area contributed by atoms with Gasteiger partial charge < -0.3 is 4.90 Å². The minimum absolute atomic E-state index is 0.0226. The number of hydrogen-bond donors (Lipinski definition) is 0. The van der Waals surface area contributed by atoms with Crippen molar-refractivity contribution in [1.82, 2.24) is 9.88 Å². The van der Waals surface area contributed by atoms with E-state index in [2.05, 4.69) is 4.98 Å². The van der Waals surface area contributed by atoms with Crippen molar-refractivity contribution in [3.63, 3.8) is 0 Å². The molecule has 88 valence electrons. The topological polar surface area (TPSA) is 67.3 Å². The van der Waals surface area contributed by atoms with Crippen molar-refractivity contribution < 1.29 is 13.2 Å². The summed E-state index contributed by atoms with van der Waals surface area (Å²) < 4.78 is 22.5. The zero-order chi connectivity index (χ0) is 12.5. The number of halogens is 1. The zero-order valence-corrected chi connectivity index (χ0v) is 10.6. The first-order chi connectivity index (χ1) is 7.23. The molecule has 0 atom stereocenters. The Hall–Kier alpha value is -1.14. The Morgan fingerprint density at radius 1 is 1.38 bits per heavy atom. The molecule has 0 bridgehead atoms. The Morgan fingerprint density at radius 3 is 2.38 bits per heavy atom. The monoisotopic (exact) mass is 262 g/mol. The molecule has 7 heteroatoms. The molecule has 0 aliphatic heterocycles. The molecule has 1 amide bonds. The van der Waals surface area contributed by atoms with Crippen LogP contribution in [0.5, 0.6) is 0 Å². The predicted octanol–water partition coefficient (Wildman–Crippen LogP) is 1.02. The van der Waals surface area contributed by atoms with Gasteiger partial charge in [0, 0.05) is 30.5 Å². The summed E-state index contributed by atoms with van der Waals surface area (Å²) in [6, 6.07) is 2.96. The molecule has 1 aromatic rings. The second-order valence-electron chi connectivity index (χ2n) is 3.44. The number of rotatable bonds is 2. The van der Waals surface area contributed by atoms with Crippen molar-refractivity contribution in [2.45, 2.75) is 11.9 Å². The number of carbonyl (C=O) groups excluding carboxylic acids is 1. The van der Waals surface area contributed by atoms with Crippen LogP contribution in [0.15, 0.2) is 17.2 Å². The first-order valence-corrected chi connectivity index (χ1v) is 6.68. The fourth-order valence-electron chi connectivity index (χ4n) is 1.12. The molecule has 1 aromatic heterocycles. The van der Waals surface area contributed by atoms with Crippen LogP contribution < -0.4 is 0 Å². The molecule has 0 aromatic carbocycles. The summed E-state index contributed by atoms with van der Waals surface area (Å²) in [4.78, 5) is 16.7. The molecule has 0 unspecified atom stereocenters. The van der Waals surface area contributed by atoms with E-state index in [9.17, 15) is 13.2 Å². The number of hydrogen-bond acceptors (Lipinski definition) is 4. The van der Waals surface area contributed by atoms with Crippen LogP contribution in [0.2, 0.25) is 0 Å². The highest BCUT2D eigenvalue weighted by molar-refractivity contribution is 8.13. The highest BCUT2D eigenvalue weighted by atomic mass is 35.7. The first kappa shape index (κ1) is 12.9. The number of carbonyl (C=O) groups is 1. The van der Waals surface area contributed by atoms with Crippen molar-refractivity contribution in [2.24, 2.45) is 0 Å². The van der Waals surface area contributed by atoms with Gasteiger partial charge in [0.1, 0.15) is 0 Å². The smallest absolute Gasteiger partial charge is 0.279 e. The second-order valence-corrected chi connectivity index (χ2v) is 5.92. The standard InChI is InChI=1S/C9H11ClN2O3S/c1-6-4-5-7(9(13)12(2)3)8(11-6)16(10,14)15/h4-5H,1-3H3. The summed E-state index contributed by atoms with van der Waals surface area (Å²) in [5.41, 5.74) is 0.458. The summed E-state index contributed by atoms with van der Waals surface area (Å²) in [6.45, 7) is 1.62. The summed E-state index contributed by atoms with van der Waals surface area (Å²) in [6.07, 6.45) is 0. The molecule has 0 saturated heterocycles. The Labute approximate surface area is 98.5 Å². The van der Waals surface area contributed by atoms with Crippen LogP contribution in [0.25, 0.3) is 0 Å². The number of aromatic nitrogens is 1. The largest absolute Gasteiger partial charge is 0.345 e. The van der Waals surface area contributed by atoms with E-state index >= 15 is 0 Å².